The minimum atomic E-state index is 0.575. The van der Waals surface area contributed by atoms with Crippen molar-refractivity contribution in [3.8, 4) is 0 Å². The van der Waals surface area contributed by atoms with Gasteiger partial charge in [0.05, 0.1) is 0 Å². The van der Waals surface area contributed by atoms with E-state index in [4.69, 9.17) is 9.59 Å². The molecule has 2 nitrogen and oxygen atoms in total. The van der Waals surface area contributed by atoms with Crippen molar-refractivity contribution in [2.75, 3.05) is 0 Å². The van der Waals surface area contributed by atoms with E-state index < -0.39 is 0 Å². The van der Waals surface area contributed by atoms with Crippen molar-refractivity contribution >= 4 is 39.4 Å². The first-order valence-electron chi connectivity index (χ1n) is 1.65. The van der Waals surface area contributed by atoms with E-state index in [-0.39, 0.29) is 0 Å². The Balaban J connectivity index is -0.0000000600. The molecule has 0 bridgehead atoms. The number of hydrogen-bond donors (Lipinski definition) is 0. The number of carbonyl (C=O) groups excluding carboxylic acids is 2. The second kappa shape index (κ2) is 36.2. The fourth-order valence-corrected chi connectivity index (χ4v) is 0. The van der Waals surface area contributed by atoms with Crippen LogP contribution in [0.1, 0.15) is 13.8 Å². The molecule has 0 heterocycles. The topological polar surface area (TPSA) is 34.1 Å². The maximum absolute atomic E-state index is 8.68. The van der Waals surface area contributed by atoms with Gasteiger partial charge >= 0.3 is 40.8 Å². The van der Waals surface area contributed by atoms with Gasteiger partial charge in [-0.25, -0.2) is 0 Å². The first-order chi connectivity index (χ1) is 4.24. The van der Waals surface area contributed by atoms with Crippen molar-refractivity contribution in [1.82, 2.24) is 0 Å². The molecule has 0 rings (SSSR count). The fourth-order valence-electron chi connectivity index (χ4n) is 0. The first-order valence-corrected chi connectivity index (χ1v) is 8.76. The van der Waals surface area contributed by atoms with Crippen LogP contribution in [-0.2, 0) is 23.5 Å². The summed E-state index contributed by atoms with van der Waals surface area (Å²) in [6.45, 7) is 2.64. The van der Waals surface area contributed by atoms with Crippen molar-refractivity contribution in [2.24, 2.45) is 0 Å². The predicted octanol–water partition coefficient (Wildman–Crippen LogP) is 1.92. The van der Waals surface area contributed by atoms with Crippen LogP contribution in [0.5, 0.6) is 0 Å². The zero-order valence-electron chi connectivity index (χ0n) is 4.89. The zero-order chi connectivity index (χ0) is 8.12. The molecule has 9 heavy (non-hydrogen) atoms. The molecule has 0 aromatic rings. The molecule has 0 fully saturated rings. The SMILES string of the molecule is C[C-]=O.C[C-]=O.[Br][Pd][Br]. The summed E-state index contributed by atoms with van der Waals surface area (Å²) in [5, 5.41) is 0. The Hall–Kier alpha value is 0.962. The Morgan fingerprint density at radius 3 is 1.11 bits per heavy atom. The first kappa shape index (κ1) is 16.5. The van der Waals surface area contributed by atoms with Gasteiger partial charge in [-0.3, -0.25) is 12.6 Å². The van der Waals surface area contributed by atoms with E-state index in [1.807, 2.05) is 0 Å². The average Bonchev–Trinajstić information content (AvgIpc) is 1.70. The number of halogens is 2. The Morgan fingerprint density at radius 1 is 1.11 bits per heavy atom. The Kier molecular flexibility index (Phi) is 66.4. The summed E-state index contributed by atoms with van der Waals surface area (Å²) in [6.07, 6.45) is 3.00. The third-order valence-corrected chi connectivity index (χ3v) is 0. The Labute approximate surface area is 76.4 Å². The van der Waals surface area contributed by atoms with Crippen molar-refractivity contribution in [3.63, 3.8) is 0 Å². The summed E-state index contributed by atoms with van der Waals surface area (Å²) >= 11 is 6.80. The van der Waals surface area contributed by atoms with Crippen LogP contribution in [0.3, 0.4) is 0 Å². The van der Waals surface area contributed by atoms with E-state index in [1.54, 1.807) is 0 Å². The number of hydrogen-bond acceptors (Lipinski definition) is 2. The van der Waals surface area contributed by atoms with Crippen molar-refractivity contribution in [2.45, 2.75) is 13.8 Å². The molecule has 0 N–H and O–H groups in total. The molecule has 0 unspecified atom stereocenters. The van der Waals surface area contributed by atoms with Gasteiger partial charge in [0.25, 0.3) is 0 Å². The molecule has 5 heteroatoms. The van der Waals surface area contributed by atoms with Crippen LogP contribution in [0.4, 0.5) is 0 Å². The van der Waals surface area contributed by atoms with Crippen molar-refractivity contribution in [3.05, 3.63) is 0 Å². The molecule has 0 atom stereocenters. The minimum absolute atomic E-state index is 0.575. The predicted molar refractivity (Wildman–Crippen MR) is 40.6 cm³/mol. The van der Waals surface area contributed by atoms with Gasteiger partial charge in [-0.2, -0.15) is 13.8 Å². The molecule has 0 aromatic heterocycles. The molecule has 60 valence electrons. The fraction of sp³-hybridized carbons (Fsp3) is 0.500. The van der Waals surface area contributed by atoms with Gasteiger partial charge in [0.1, 0.15) is 0 Å². The molecular weight excluding hydrogens is 346 g/mol. The molecule has 0 saturated heterocycles. The van der Waals surface area contributed by atoms with Crippen LogP contribution >= 0.6 is 26.9 Å². The van der Waals surface area contributed by atoms with Gasteiger partial charge in [0.15, 0.2) is 0 Å². The summed E-state index contributed by atoms with van der Waals surface area (Å²) in [5.41, 5.74) is 0. The summed E-state index contributed by atoms with van der Waals surface area (Å²) in [5.74, 6) is 0. The Morgan fingerprint density at radius 2 is 1.11 bits per heavy atom. The van der Waals surface area contributed by atoms with Crippen LogP contribution in [0.15, 0.2) is 0 Å². The molecule has 0 radical (unpaired) electrons. The Bertz CT molecular complexity index is 45.8. The summed E-state index contributed by atoms with van der Waals surface area (Å²) in [6, 6.07) is 0. The monoisotopic (exact) mass is 350 g/mol. The van der Waals surface area contributed by atoms with E-state index in [0.29, 0.717) is 13.9 Å². The van der Waals surface area contributed by atoms with E-state index >= 15 is 0 Å². The molecule has 0 aromatic carbocycles. The van der Waals surface area contributed by atoms with E-state index in [1.165, 1.54) is 26.4 Å². The van der Waals surface area contributed by atoms with E-state index in [2.05, 4.69) is 26.9 Å². The molecule has 0 saturated carbocycles. The van der Waals surface area contributed by atoms with Gasteiger partial charge in [-0.1, -0.05) is 0 Å². The van der Waals surface area contributed by atoms with Gasteiger partial charge in [-0.15, -0.1) is 0 Å². The third kappa shape index (κ3) is 469. The normalized spacial score (nSPS) is 5.33. The van der Waals surface area contributed by atoms with Crippen LogP contribution in [-0.4, -0.2) is 12.6 Å². The van der Waals surface area contributed by atoms with Crippen LogP contribution < -0.4 is 0 Å². The summed E-state index contributed by atoms with van der Waals surface area (Å²) in [4.78, 5) is 17.4. The van der Waals surface area contributed by atoms with Gasteiger partial charge in [0.2, 0.25) is 0 Å². The van der Waals surface area contributed by atoms with Gasteiger partial charge in [0, 0.05) is 0 Å². The molecule has 0 amide bonds. The van der Waals surface area contributed by atoms with Crippen LogP contribution in [0.2, 0.25) is 0 Å². The van der Waals surface area contributed by atoms with Crippen LogP contribution in [0.25, 0.3) is 0 Å². The molecule has 0 aliphatic carbocycles. The average molecular weight is 352 g/mol. The van der Waals surface area contributed by atoms with Crippen molar-refractivity contribution in [1.29, 1.82) is 0 Å². The van der Waals surface area contributed by atoms with E-state index in [9.17, 15) is 0 Å². The van der Waals surface area contributed by atoms with Gasteiger partial charge < -0.3 is 9.59 Å². The molecule has 0 aliphatic rings. The second-order valence-corrected chi connectivity index (χ2v) is 7.62. The number of rotatable bonds is 0. The van der Waals surface area contributed by atoms with E-state index in [0.717, 1.165) is 0 Å². The summed E-state index contributed by atoms with van der Waals surface area (Å²) in [7, 11) is 0. The molecular formula is C4H6Br2O2Pd-2. The zero-order valence-corrected chi connectivity index (χ0v) is 9.62. The molecule has 0 spiro atoms. The quantitative estimate of drug-likeness (QED) is 0.493. The van der Waals surface area contributed by atoms with Gasteiger partial charge in [-0.05, 0) is 0 Å². The van der Waals surface area contributed by atoms with Crippen LogP contribution in [0, 0.1) is 0 Å². The van der Waals surface area contributed by atoms with Crippen molar-refractivity contribution < 1.29 is 23.5 Å². The third-order valence-electron chi connectivity index (χ3n) is 0. The maximum atomic E-state index is 8.68. The summed E-state index contributed by atoms with van der Waals surface area (Å²) < 4.78 is 0. The standard InChI is InChI=1S/2C2H3O.2BrH.Pd/c2*1-2-3;;;/h2*1H3;2*1H;/q2*-1;;;+2/p-2. The molecule has 0 aliphatic heterocycles. The second-order valence-electron chi connectivity index (χ2n) is 0.453.